The molecule has 4 amide bonds. The van der Waals surface area contributed by atoms with Crippen LogP contribution in [0, 0.1) is 27.0 Å². The topological polar surface area (TPSA) is 154 Å². The van der Waals surface area contributed by atoms with E-state index in [0.29, 0.717) is 28.0 Å². The molecule has 1 N–H and O–H groups in total. The normalized spacial score (nSPS) is 10.1. The predicted molar refractivity (Wildman–Crippen MR) is 197 cm³/mol. The van der Waals surface area contributed by atoms with E-state index in [9.17, 15) is 23.6 Å². The molecule has 2 aliphatic rings. The third-order valence-electron chi connectivity index (χ3n) is 5.46. The molecule has 6 rings (SSSR count). The van der Waals surface area contributed by atoms with Crippen molar-refractivity contribution in [3.8, 4) is 11.5 Å². The first kappa shape index (κ1) is 66.9. The predicted octanol–water partition coefficient (Wildman–Crippen LogP) is 1.76. The molecule has 2 heterocycles. The Kier molecular flexibility index (Phi) is 56.9. The molecule has 0 aliphatic carbocycles. The monoisotopic (exact) mass is 1030 g/mol. The summed E-state index contributed by atoms with van der Waals surface area (Å²) >= 11 is 2.69. The number of ether oxygens (including phenoxy) is 1. The molecule has 286 valence electrons. The molecule has 0 bridgehead atoms. The average molecular weight is 1030 g/mol. The van der Waals surface area contributed by atoms with Crippen LogP contribution in [0.25, 0.3) is 0 Å². The third kappa shape index (κ3) is 27.5. The van der Waals surface area contributed by atoms with E-state index in [1.54, 1.807) is 72.8 Å². The van der Waals surface area contributed by atoms with Gasteiger partial charge in [-0.25, -0.2) is 14.1 Å². The van der Waals surface area contributed by atoms with Gasteiger partial charge < -0.3 is 47.1 Å². The molecule has 0 aromatic heterocycles. The summed E-state index contributed by atoms with van der Waals surface area (Å²) in [6.45, 7) is 7.82. The number of para-hydroxylation sites is 2. The van der Waals surface area contributed by atoms with Crippen molar-refractivity contribution in [1.82, 2.24) is 9.80 Å². The molecule has 17 heteroatoms. The fourth-order valence-corrected chi connectivity index (χ4v) is 3.42. The van der Waals surface area contributed by atoms with Gasteiger partial charge in [-0.15, -0.1) is 0 Å². The fourth-order valence-electron chi connectivity index (χ4n) is 3.42. The smallest absolute Gasteiger partial charge is 1.00 e. The molecule has 4 aromatic carbocycles. The zero-order chi connectivity index (χ0) is 40.5. The number of alkyl halides is 1. The summed E-state index contributed by atoms with van der Waals surface area (Å²) in [6, 6.07) is 31.6. The number of fused-ring (bicyclic) bond motifs is 2. The van der Waals surface area contributed by atoms with Crippen LogP contribution in [0.3, 0.4) is 0 Å². The SMILES string of the molecule is CC.CC.O=CO[O-].Oc1ccccc1.[2H]CF.[CH2-]Br.[CH2-]N1C(=O)c2ccccc2C1=O.[CH2-]N1C(=O)c2ccccc2C1=O.[CH2-]Oc1ccccc1.[H-].[K+].[K+].[Y].[Y]. The zero-order valence-corrected chi connectivity index (χ0v) is 45.5. The van der Waals surface area contributed by atoms with Gasteiger partial charge in [0.15, 0.2) is 0 Å². The Morgan fingerprint density at radius 2 is 0.891 bits per heavy atom. The van der Waals surface area contributed by atoms with Crippen molar-refractivity contribution in [1.29, 1.82) is 0 Å². The number of hydrogen-bond acceptors (Lipinski definition) is 9. The second-order valence-electron chi connectivity index (χ2n) is 8.15. The van der Waals surface area contributed by atoms with Crippen LogP contribution < -0.4 is 113 Å². The van der Waals surface area contributed by atoms with Crippen LogP contribution >= 0.6 is 15.9 Å². The average Bonchev–Trinajstić information content (AvgIpc) is 3.57. The molecule has 2 radical (unpaired) electrons. The van der Waals surface area contributed by atoms with Crippen molar-refractivity contribution in [2.75, 3.05) is 7.15 Å². The van der Waals surface area contributed by atoms with Gasteiger partial charge in [-0.05, 0) is 48.5 Å². The van der Waals surface area contributed by atoms with Crippen LogP contribution in [-0.2, 0) is 75.1 Å². The van der Waals surface area contributed by atoms with Gasteiger partial charge in [0, 0.05) is 87.7 Å². The quantitative estimate of drug-likeness (QED) is 0.0792. The first-order chi connectivity index (χ1) is 25.1. The number of phenols is 1. The van der Waals surface area contributed by atoms with Gasteiger partial charge >= 0.3 is 103 Å². The van der Waals surface area contributed by atoms with E-state index < -0.39 is 7.15 Å². The Hall–Kier alpha value is 0.0805. The number of carbonyl (C=O) groups excluding carboxylic acids is 5. The van der Waals surface area contributed by atoms with Crippen LogP contribution in [-0.4, -0.2) is 52.2 Å². The number of nitrogens with zero attached hydrogens (tertiary/aromatic N) is 2. The minimum atomic E-state index is -1.00. The minimum Gasteiger partial charge on any atom is -1.00 e. The van der Waals surface area contributed by atoms with Crippen molar-refractivity contribution in [2.45, 2.75) is 27.7 Å². The number of hydrogen-bond donors (Lipinski definition) is 1. The maximum Gasteiger partial charge on any atom is 1.00 e. The largest absolute Gasteiger partial charge is 1.00 e. The summed E-state index contributed by atoms with van der Waals surface area (Å²) in [4.78, 5) is 58.0. The number of amides is 4. The summed E-state index contributed by atoms with van der Waals surface area (Å²) < 4.78 is 20.2. The number of rotatable bonds is 2. The van der Waals surface area contributed by atoms with Crippen LogP contribution in [0.5, 0.6) is 11.5 Å². The van der Waals surface area contributed by atoms with Crippen molar-refractivity contribution >= 4 is 46.0 Å². The number of aromatic hydroxyl groups is 1. The van der Waals surface area contributed by atoms with Crippen LogP contribution in [0.4, 0.5) is 4.39 Å². The Labute approximate surface area is 471 Å². The van der Waals surface area contributed by atoms with E-state index in [0.717, 1.165) is 15.5 Å². The Morgan fingerprint density at radius 1 is 0.673 bits per heavy atom. The van der Waals surface area contributed by atoms with Crippen LogP contribution in [0.1, 0.15) is 71.9 Å². The van der Waals surface area contributed by atoms with Gasteiger partial charge in [-0.3, -0.25) is 34.2 Å². The van der Waals surface area contributed by atoms with Crippen LogP contribution in [0.2, 0.25) is 0 Å². The molecule has 55 heavy (non-hydrogen) atoms. The van der Waals surface area contributed by atoms with Gasteiger partial charge in [0.25, 0.3) is 6.47 Å². The second-order valence-corrected chi connectivity index (χ2v) is 8.15. The summed E-state index contributed by atoms with van der Waals surface area (Å²) in [5.41, 5.74) is 1.77. The van der Waals surface area contributed by atoms with Gasteiger partial charge in [-0.1, -0.05) is 88.4 Å². The van der Waals surface area contributed by atoms with Crippen molar-refractivity contribution in [2.24, 2.45) is 0 Å². The molecular formula is C38H44BrFK2N2O9Y2-4. The molecule has 0 unspecified atom stereocenters. The van der Waals surface area contributed by atoms with E-state index in [-0.39, 0.29) is 200 Å². The van der Waals surface area contributed by atoms with Gasteiger partial charge in [0.1, 0.15) is 5.75 Å². The summed E-state index contributed by atoms with van der Waals surface area (Å²) in [5.74, 6) is 2.89. The molecule has 0 atom stereocenters. The van der Waals surface area contributed by atoms with Crippen molar-refractivity contribution < 1.29 is 219 Å². The Bertz CT molecular complexity index is 1450. The second kappa shape index (κ2) is 46.8. The molecule has 11 nitrogen and oxygen atoms in total. The van der Waals surface area contributed by atoms with Crippen molar-refractivity contribution in [3.05, 3.63) is 158 Å². The fraction of sp³-hybridized carbons (Fsp3) is 0.132. The molecule has 4 aromatic rings. The molecule has 2 aliphatic heterocycles. The first-order valence-corrected chi connectivity index (χ1v) is 15.8. The molecule has 0 fully saturated rings. The summed E-state index contributed by atoms with van der Waals surface area (Å²) in [5, 5.41) is 17.1. The van der Waals surface area contributed by atoms with E-state index in [4.69, 9.17) is 16.5 Å². The summed E-state index contributed by atoms with van der Waals surface area (Å²) in [7, 11) is 8.95. The third-order valence-corrected chi connectivity index (χ3v) is 5.46. The van der Waals surface area contributed by atoms with Crippen molar-refractivity contribution in [3.63, 3.8) is 0 Å². The van der Waals surface area contributed by atoms with Gasteiger partial charge in [0.2, 0.25) is 23.6 Å². The molecule has 0 saturated carbocycles. The molecule has 0 spiro atoms. The summed E-state index contributed by atoms with van der Waals surface area (Å²) in [6.07, 6.45) is 0. The van der Waals surface area contributed by atoms with E-state index in [1.165, 1.54) is 0 Å². The number of imide groups is 2. The number of benzene rings is 4. The number of phenolic OH excluding ortho intramolecular Hbond substituents is 1. The van der Waals surface area contributed by atoms with Crippen LogP contribution in [0.15, 0.2) is 109 Å². The van der Waals surface area contributed by atoms with Gasteiger partial charge in [0.05, 0.1) is 14.3 Å². The standard InChI is InChI=1S/2C9H6NO2.C7H7O.C6H6O.2C2H6.CH2Br.CH3F.CH2O3.2K.2Y.H/c2*1-10-8(11)6-4-2-3-5-7(6)9(10)12;1-8-7-5-3-2-4-6-7;7-6-4-2-1-3-5-6;4*1-2;2-1-4-3;;;;;/h2*2-5H,1H2;2-6H,1H2;1-5,7H;2*1-2H3;1H2;1H3;1,3H;;;;;/q3*-1;;;;-1;;;2*+1;;;-1/p-1/i;;;;;;;1D;;;;;;. The van der Waals surface area contributed by atoms with E-state index in [1.807, 2.05) is 64.1 Å². The molecular weight excluding hydrogens is 983 g/mol. The first-order valence-electron chi connectivity index (χ1n) is 15.4. The van der Waals surface area contributed by atoms with E-state index in [2.05, 4.69) is 52.6 Å². The number of carbonyl (C=O) groups is 5. The number of halogens is 2. The molecule has 0 saturated heterocycles. The van der Waals surface area contributed by atoms with E-state index >= 15 is 0 Å². The Balaban J connectivity index is -0.0000000841. The maximum atomic E-state index is 11.2. The van der Waals surface area contributed by atoms with Gasteiger partial charge in [-0.2, -0.15) is 7.11 Å². The Morgan fingerprint density at radius 3 is 1.05 bits per heavy atom. The zero-order valence-electron chi connectivity index (χ0n) is 34.0. The maximum absolute atomic E-state index is 11.2. The minimum absolute atomic E-state index is 0.